The Labute approximate surface area is 159 Å². The number of halogens is 1. The van der Waals surface area contributed by atoms with Gasteiger partial charge in [0.2, 0.25) is 15.9 Å². The van der Waals surface area contributed by atoms with Gasteiger partial charge in [0.05, 0.1) is 18.5 Å². The highest BCUT2D eigenvalue weighted by molar-refractivity contribution is 7.92. The standard InChI is InChI=1S/C19H23FN2O4S/c1-3-15-6-4-5-7-18(15)22(27(2,24)25)14-19(23)21-12-13-26-17-10-8-16(20)9-11-17/h4-11H,3,12-14H2,1-2H3,(H,21,23). The molecule has 0 atom stereocenters. The molecule has 0 aliphatic heterocycles. The third-order valence-corrected chi connectivity index (χ3v) is 4.96. The fraction of sp³-hybridized carbons (Fsp3) is 0.316. The minimum Gasteiger partial charge on any atom is -0.492 e. The van der Waals surface area contributed by atoms with Gasteiger partial charge in [-0.15, -0.1) is 0 Å². The maximum absolute atomic E-state index is 12.8. The van der Waals surface area contributed by atoms with E-state index >= 15 is 0 Å². The second-order valence-corrected chi connectivity index (χ2v) is 7.81. The van der Waals surface area contributed by atoms with Crippen molar-refractivity contribution in [2.24, 2.45) is 0 Å². The number of sulfonamides is 1. The van der Waals surface area contributed by atoms with Crippen molar-refractivity contribution in [3.8, 4) is 5.75 Å². The molecular formula is C19H23FN2O4S. The van der Waals surface area contributed by atoms with Crippen LogP contribution in [0.25, 0.3) is 0 Å². The summed E-state index contributed by atoms with van der Waals surface area (Å²) in [5, 5.41) is 2.63. The molecule has 0 heterocycles. The van der Waals surface area contributed by atoms with Crippen molar-refractivity contribution in [1.29, 1.82) is 0 Å². The Morgan fingerprint density at radius 3 is 2.44 bits per heavy atom. The van der Waals surface area contributed by atoms with Gasteiger partial charge >= 0.3 is 0 Å². The SMILES string of the molecule is CCc1ccccc1N(CC(=O)NCCOc1ccc(F)cc1)S(C)(=O)=O. The van der Waals surface area contributed by atoms with Gasteiger partial charge in [-0.3, -0.25) is 9.10 Å². The van der Waals surface area contributed by atoms with Crippen LogP contribution in [0, 0.1) is 5.82 Å². The first-order valence-corrected chi connectivity index (χ1v) is 10.4. The zero-order valence-corrected chi connectivity index (χ0v) is 16.1. The number of amides is 1. The molecule has 2 aromatic rings. The highest BCUT2D eigenvalue weighted by atomic mass is 32.2. The van der Waals surface area contributed by atoms with Crippen LogP contribution in [0.2, 0.25) is 0 Å². The van der Waals surface area contributed by atoms with Crippen LogP contribution in [0.15, 0.2) is 48.5 Å². The number of ether oxygens (including phenoxy) is 1. The minimum atomic E-state index is -3.62. The highest BCUT2D eigenvalue weighted by Crippen LogP contribution is 2.23. The fourth-order valence-electron chi connectivity index (χ4n) is 2.51. The summed E-state index contributed by atoms with van der Waals surface area (Å²) in [5.74, 6) is -0.307. The largest absolute Gasteiger partial charge is 0.492 e. The summed E-state index contributed by atoms with van der Waals surface area (Å²) in [6.07, 6.45) is 1.72. The normalized spacial score (nSPS) is 11.1. The first-order chi connectivity index (χ1) is 12.8. The third kappa shape index (κ3) is 6.25. The van der Waals surface area contributed by atoms with Crippen LogP contribution in [0.5, 0.6) is 5.75 Å². The van der Waals surface area contributed by atoms with Gasteiger partial charge in [-0.05, 0) is 42.3 Å². The van der Waals surface area contributed by atoms with Crippen molar-refractivity contribution < 1.29 is 22.3 Å². The molecule has 2 rings (SSSR count). The Bertz CT molecular complexity index is 870. The lowest BCUT2D eigenvalue weighted by atomic mass is 10.1. The van der Waals surface area contributed by atoms with E-state index in [0.717, 1.165) is 16.1 Å². The molecule has 1 N–H and O–H groups in total. The van der Waals surface area contributed by atoms with Crippen molar-refractivity contribution in [3.05, 3.63) is 59.9 Å². The van der Waals surface area contributed by atoms with Crippen LogP contribution in [-0.4, -0.2) is 40.3 Å². The molecule has 0 saturated carbocycles. The summed E-state index contributed by atoms with van der Waals surface area (Å²) in [5.41, 5.74) is 1.34. The molecule has 0 unspecified atom stereocenters. The molecule has 6 nitrogen and oxygen atoms in total. The Morgan fingerprint density at radius 2 is 1.81 bits per heavy atom. The minimum absolute atomic E-state index is 0.182. The summed E-state index contributed by atoms with van der Waals surface area (Å²) in [6, 6.07) is 12.6. The molecular weight excluding hydrogens is 371 g/mol. The van der Waals surface area contributed by atoms with Gasteiger partial charge in [-0.1, -0.05) is 25.1 Å². The summed E-state index contributed by atoms with van der Waals surface area (Å²) < 4.78 is 43.7. The van der Waals surface area contributed by atoms with Gasteiger partial charge in [0, 0.05) is 0 Å². The number of rotatable bonds is 9. The quantitative estimate of drug-likeness (QED) is 0.663. The predicted molar refractivity (Wildman–Crippen MR) is 103 cm³/mol. The lowest BCUT2D eigenvalue weighted by molar-refractivity contribution is -0.119. The van der Waals surface area contributed by atoms with Gasteiger partial charge in [0.15, 0.2) is 0 Å². The smallest absolute Gasteiger partial charge is 0.240 e. The maximum atomic E-state index is 12.8. The number of hydrogen-bond donors (Lipinski definition) is 1. The number of para-hydroxylation sites is 1. The molecule has 1 amide bonds. The summed E-state index contributed by atoms with van der Waals surface area (Å²) in [7, 11) is -3.62. The van der Waals surface area contributed by atoms with Crippen LogP contribution < -0.4 is 14.4 Å². The van der Waals surface area contributed by atoms with E-state index in [1.54, 1.807) is 12.1 Å². The molecule has 8 heteroatoms. The van der Waals surface area contributed by atoms with E-state index in [4.69, 9.17) is 4.74 Å². The molecule has 0 aliphatic carbocycles. The Balaban J connectivity index is 1.93. The van der Waals surface area contributed by atoms with Crippen molar-refractivity contribution in [1.82, 2.24) is 5.32 Å². The lowest BCUT2D eigenvalue weighted by Crippen LogP contribution is -2.41. The van der Waals surface area contributed by atoms with Crippen molar-refractivity contribution >= 4 is 21.6 Å². The number of aryl methyl sites for hydroxylation is 1. The number of anilines is 1. The highest BCUT2D eigenvalue weighted by Gasteiger charge is 2.22. The first kappa shape index (κ1) is 20.7. The average molecular weight is 394 g/mol. The van der Waals surface area contributed by atoms with Crippen LogP contribution in [0.3, 0.4) is 0 Å². The van der Waals surface area contributed by atoms with Crippen LogP contribution in [-0.2, 0) is 21.2 Å². The third-order valence-electron chi connectivity index (χ3n) is 3.84. The fourth-order valence-corrected chi connectivity index (χ4v) is 3.40. The molecule has 2 aromatic carbocycles. The van der Waals surface area contributed by atoms with Crippen molar-refractivity contribution in [2.45, 2.75) is 13.3 Å². The van der Waals surface area contributed by atoms with Crippen LogP contribution >= 0.6 is 0 Å². The van der Waals surface area contributed by atoms with Crippen molar-refractivity contribution in [2.75, 3.05) is 30.3 Å². The van der Waals surface area contributed by atoms with Gasteiger partial charge in [0.1, 0.15) is 24.7 Å². The summed E-state index contributed by atoms with van der Waals surface area (Å²) in [4.78, 5) is 12.2. The van der Waals surface area contributed by atoms with E-state index < -0.39 is 15.9 Å². The predicted octanol–water partition coefficient (Wildman–Crippen LogP) is 2.35. The Morgan fingerprint density at radius 1 is 1.15 bits per heavy atom. The Hall–Kier alpha value is -2.61. The maximum Gasteiger partial charge on any atom is 0.240 e. The lowest BCUT2D eigenvalue weighted by Gasteiger charge is -2.24. The summed E-state index contributed by atoms with van der Waals surface area (Å²) in [6.45, 7) is 1.99. The van der Waals surface area contributed by atoms with E-state index in [2.05, 4.69) is 5.32 Å². The molecule has 0 bridgehead atoms. The number of carbonyl (C=O) groups is 1. The summed E-state index contributed by atoms with van der Waals surface area (Å²) >= 11 is 0. The van der Waals surface area contributed by atoms with E-state index in [0.29, 0.717) is 17.9 Å². The molecule has 146 valence electrons. The zero-order valence-electron chi connectivity index (χ0n) is 15.3. The number of nitrogens with zero attached hydrogens (tertiary/aromatic N) is 1. The van der Waals surface area contributed by atoms with E-state index in [1.807, 2.05) is 19.1 Å². The average Bonchev–Trinajstić information content (AvgIpc) is 2.64. The molecule has 0 aliphatic rings. The first-order valence-electron chi connectivity index (χ1n) is 8.52. The monoisotopic (exact) mass is 394 g/mol. The van der Waals surface area contributed by atoms with Gasteiger partial charge in [-0.2, -0.15) is 0 Å². The molecule has 0 fully saturated rings. The van der Waals surface area contributed by atoms with Gasteiger partial charge < -0.3 is 10.1 Å². The molecule has 0 saturated heterocycles. The molecule has 0 spiro atoms. The number of hydrogen-bond acceptors (Lipinski definition) is 4. The van der Waals surface area contributed by atoms with Crippen molar-refractivity contribution in [3.63, 3.8) is 0 Å². The molecule has 27 heavy (non-hydrogen) atoms. The van der Waals surface area contributed by atoms with Crippen LogP contribution in [0.4, 0.5) is 10.1 Å². The Kier molecular flexibility index (Phi) is 7.18. The second-order valence-electron chi connectivity index (χ2n) is 5.90. The topological polar surface area (TPSA) is 75.7 Å². The van der Waals surface area contributed by atoms with E-state index in [1.165, 1.54) is 24.3 Å². The van der Waals surface area contributed by atoms with E-state index in [9.17, 15) is 17.6 Å². The zero-order chi connectivity index (χ0) is 19.9. The number of nitrogens with one attached hydrogen (secondary N) is 1. The molecule has 0 aromatic heterocycles. The number of carbonyl (C=O) groups excluding carboxylic acids is 1. The van der Waals surface area contributed by atoms with Gasteiger partial charge in [0.25, 0.3) is 0 Å². The number of benzene rings is 2. The van der Waals surface area contributed by atoms with E-state index in [-0.39, 0.29) is 25.5 Å². The second kappa shape index (κ2) is 9.36. The van der Waals surface area contributed by atoms with Gasteiger partial charge in [-0.25, -0.2) is 12.8 Å². The molecule has 0 radical (unpaired) electrons. The van der Waals surface area contributed by atoms with Crippen LogP contribution in [0.1, 0.15) is 12.5 Å².